The minimum Gasteiger partial charge on any atom is -0.103 e. The minimum atomic E-state index is 0.698. The predicted molar refractivity (Wildman–Crippen MR) is 50.4 cm³/mol. The zero-order valence-electron chi connectivity index (χ0n) is 7.00. The van der Waals surface area contributed by atoms with Crippen molar-refractivity contribution >= 4 is 0 Å². The second kappa shape index (κ2) is 4.95. The molecule has 0 aromatic heterocycles. The van der Waals surface area contributed by atoms with Crippen LogP contribution < -0.4 is 0 Å². The largest absolute Gasteiger partial charge is 0.103 e. The van der Waals surface area contributed by atoms with Crippen LogP contribution in [0.3, 0.4) is 0 Å². The van der Waals surface area contributed by atoms with E-state index in [-0.39, 0.29) is 0 Å². The van der Waals surface area contributed by atoms with E-state index in [1.54, 1.807) is 0 Å². The molecule has 0 aromatic carbocycles. The van der Waals surface area contributed by atoms with Crippen LogP contribution >= 0.6 is 0 Å². The number of hydrogen-bond acceptors (Lipinski definition) is 0. The summed E-state index contributed by atoms with van der Waals surface area (Å²) in [7, 11) is 0. The van der Waals surface area contributed by atoms with Gasteiger partial charge in [0.25, 0.3) is 0 Å². The zero-order chi connectivity index (χ0) is 7.94. The van der Waals surface area contributed by atoms with Gasteiger partial charge in [0.2, 0.25) is 0 Å². The maximum atomic E-state index is 3.75. The van der Waals surface area contributed by atoms with Crippen LogP contribution in [0.4, 0.5) is 0 Å². The van der Waals surface area contributed by atoms with Crippen LogP contribution in [-0.4, -0.2) is 0 Å². The van der Waals surface area contributed by atoms with Gasteiger partial charge < -0.3 is 0 Å². The third kappa shape index (κ3) is 3.22. The highest BCUT2D eigenvalue weighted by atomic mass is 14.1. The molecule has 0 bridgehead atoms. The number of rotatable bonds is 2. The van der Waals surface area contributed by atoms with Gasteiger partial charge in [-0.1, -0.05) is 30.4 Å². The van der Waals surface area contributed by atoms with Gasteiger partial charge in [-0.05, 0) is 31.6 Å². The van der Waals surface area contributed by atoms with E-state index in [2.05, 4.69) is 30.9 Å². The van der Waals surface area contributed by atoms with Crippen molar-refractivity contribution in [3.63, 3.8) is 0 Å². The first-order valence-corrected chi connectivity index (χ1v) is 4.36. The van der Waals surface area contributed by atoms with Gasteiger partial charge in [0.15, 0.2) is 0 Å². The second-order valence-corrected chi connectivity index (χ2v) is 3.00. The highest BCUT2D eigenvalue weighted by molar-refractivity contribution is 4.99. The van der Waals surface area contributed by atoms with E-state index in [4.69, 9.17) is 0 Å². The number of allylic oxidation sites excluding steroid dienone is 5. The monoisotopic (exact) mass is 148 g/mol. The van der Waals surface area contributed by atoms with Crippen LogP contribution in [0.15, 0.2) is 37.0 Å². The van der Waals surface area contributed by atoms with Crippen LogP contribution in [0.1, 0.15) is 25.7 Å². The van der Waals surface area contributed by atoms with Gasteiger partial charge in [0.1, 0.15) is 0 Å². The van der Waals surface area contributed by atoms with Crippen LogP contribution in [-0.2, 0) is 0 Å². The third-order valence-corrected chi connectivity index (χ3v) is 1.98. The molecule has 0 saturated heterocycles. The molecule has 0 amide bonds. The highest BCUT2D eigenvalue weighted by Crippen LogP contribution is 2.15. The van der Waals surface area contributed by atoms with Crippen molar-refractivity contribution < 1.29 is 0 Å². The first kappa shape index (κ1) is 8.32. The van der Waals surface area contributed by atoms with Crippen molar-refractivity contribution in [1.29, 1.82) is 0 Å². The molecule has 0 fully saturated rings. The fourth-order valence-corrected chi connectivity index (χ4v) is 1.34. The molecule has 0 heteroatoms. The lowest BCUT2D eigenvalue weighted by molar-refractivity contribution is 0.666. The SMILES string of the molecule is C=CCC1/C=C\CC/C=C\C1. The summed E-state index contributed by atoms with van der Waals surface area (Å²) in [5.41, 5.74) is 0. The fourth-order valence-electron chi connectivity index (χ4n) is 1.34. The van der Waals surface area contributed by atoms with Crippen molar-refractivity contribution in [2.75, 3.05) is 0 Å². The smallest absolute Gasteiger partial charge is 0.0164 e. The highest BCUT2D eigenvalue weighted by Gasteiger charge is 2.00. The standard InChI is InChI=1S/C11H16/c1-2-8-11-9-6-4-3-5-7-10-11/h2,4,6-7,10-11H,1,3,5,8-9H2/b6-4-,10-7-. The molecule has 1 aliphatic carbocycles. The molecule has 0 heterocycles. The van der Waals surface area contributed by atoms with Gasteiger partial charge in [-0.2, -0.15) is 0 Å². The van der Waals surface area contributed by atoms with Crippen molar-refractivity contribution in [3.05, 3.63) is 37.0 Å². The van der Waals surface area contributed by atoms with Crippen molar-refractivity contribution in [3.8, 4) is 0 Å². The molecule has 1 atom stereocenters. The normalized spacial score (nSPS) is 30.0. The average Bonchev–Trinajstić information content (AvgIpc) is 1.94. The molecule has 1 rings (SSSR count). The molecule has 0 aliphatic heterocycles. The van der Waals surface area contributed by atoms with E-state index < -0.39 is 0 Å². The Balaban J connectivity index is 2.42. The van der Waals surface area contributed by atoms with E-state index >= 15 is 0 Å². The summed E-state index contributed by atoms with van der Waals surface area (Å²) in [5.74, 6) is 0.698. The minimum absolute atomic E-state index is 0.698. The quantitative estimate of drug-likeness (QED) is 0.526. The van der Waals surface area contributed by atoms with Crippen molar-refractivity contribution in [2.45, 2.75) is 25.7 Å². The summed E-state index contributed by atoms with van der Waals surface area (Å²) in [6.07, 6.45) is 15.9. The summed E-state index contributed by atoms with van der Waals surface area (Å²) in [4.78, 5) is 0. The van der Waals surface area contributed by atoms with Crippen molar-refractivity contribution in [1.82, 2.24) is 0 Å². The molecule has 0 aromatic rings. The maximum absolute atomic E-state index is 3.75. The molecule has 0 N–H and O–H groups in total. The number of hydrogen-bond donors (Lipinski definition) is 0. The molecule has 0 spiro atoms. The Morgan fingerprint density at radius 1 is 1.27 bits per heavy atom. The summed E-state index contributed by atoms with van der Waals surface area (Å²) in [5, 5.41) is 0. The van der Waals surface area contributed by atoms with Crippen LogP contribution in [0.2, 0.25) is 0 Å². The lowest BCUT2D eigenvalue weighted by atomic mass is 9.98. The predicted octanol–water partition coefficient (Wildman–Crippen LogP) is 3.48. The molecular weight excluding hydrogens is 132 g/mol. The Morgan fingerprint density at radius 3 is 2.91 bits per heavy atom. The molecule has 60 valence electrons. The van der Waals surface area contributed by atoms with Gasteiger partial charge in [0, 0.05) is 0 Å². The van der Waals surface area contributed by atoms with Gasteiger partial charge in [-0.3, -0.25) is 0 Å². The van der Waals surface area contributed by atoms with Gasteiger partial charge in [-0.15, -0.1) is 6.58 Å². The van der Waals surface area contributed by atoms with E-state index in [0.29, 0.717) is 5.92 Å². The molecular formula is C11H16. The molecule has 11 heavy (non-hydrogen) atoms. The molecule has 1 unspecified atom stereocenters. The zero-order valence-corrected chi connectivity index (χ0v) is 7.00. The summed E-state index contributed by atoms with van der Waals surface area (Å²) in [6.45, 7) is 3.75. The Kier molecular flexibility index (Phi) is 3.74. The summed E-state index contributed by atoms with van der Waals surface area (Å²) in [6, 6.07) is 0. The molecule has 0 saturated carbocycles. The van der Waals surface area contributed by atoms with Crippen LogP contribution in [0.5, 0.6) is 0 Å². The summed E-state index contributed by atoms with van der Waals surface area (Å²) >= 11 is 0. The second-order valence-electron chi connectivity index (χ2n) is 3.00. The lowest BCUT2D eigenvalue weighted by Gasteiger charge is -2.08. The van der Waals surface area contributed by atoms with Crippen LogP contribution in [0.25, 0.3) is 0 Å². The first-order chi connectivity index (χ1) is 5.43. The van der Waals surface area contributed by atoms with Crippen molar-refractivity contribution in [2.24, 2.45) is 5.92 Å². The van der Waals surface area contributed by atoms with Gasteiger partial charge in [-0.25, -0.2) is 0 Å². The van der Waals surface area contributed by atoms with Crippen LogP contribution in [0, 0.1) is 5.92 Å². The average molecular weight is 148 g/mol. The Hall–Kier alpha value is -0.780. The molecule has 0 radical (unpaired) electrons. The molecule has 1 aliphatic rings. The van der Waals surface area contributed by atoms with Gasteiger partial charge >= 0.3 is 0 Å². The topological polar surface area (TPSA) is 0 Å². The Bertz CT molecular complexity index is 163. The maximum Gasteiger partial charge on any atom is -0.0164 e. The lowest BCUT2D eigenvalue weighted by Crippen LogP contribution is -1.93. The van der Waals surface area contributed by atoms with E-state index in [1.807, 2.05) is 6.08 Å². The Morgan fingerprint density at radius 2 is 2.09 bits per heavy atom. The first-order valence-electron chi connectivity index (χ1n) is 4.36. The third-order valence-electron chi connectivity index (χ3n) is 1.98. The summed E-state index contributed by atoms with van der Waals surface area (Å²) < 4.78 is 0. The van der Waals surface area contributed by atoms with E-state index in [1.165, 1.54) is 19.3 Å². The fraction of sp³-hybridized carbons (Fsp3) is 0.455. The van der Waals surface area contributed by atoms with E-state index in [9.17, 15) is 0 Å². The van der Waals surface area contributed by atoms with E-state index in [0.717, 1.165) is 6.42 Å². The van der Waals surface area contributed by atoms with Gasteiger partial charge in [0.05, 0.1) is 0 Å². The molecule has 0 nitrogen and oxygen atoms in total. The Labute approximate surface area is 69.3 Å².